The van der Waals surface area contributed by atoms with Crippen molar-refractivity contribution in [3.8, 4) is 11.3 Å². The zero-order valence-electron chi connectivity index (χ0n) is 15.6. The number of aromatic nitrogens is 7. The average Bonchev–Trinajstić information content (AvgIpc) is 3.35. The Morgan fingerprint density at radius 2 is 2.04 bits per heavy atom. The van der Waals surface area contributed by atoms with Gasteiger partial charge in [-0.1, -0.05) is 5.16 Å². The minimum Gasteiger partial charge on any atom is -0.340 e. The number of rotatable bonds is 4. The van der Waals surface area contributed by atoms with Gasteiger partial charge in [-0.25, -0.2) is 0 Å². The monoisotopic (exact) mass is 376 g/mol. The lowest BCUT2D eigenvalue weighted by molar-refractivity contribution is 0.194. The highest BCUT2D eigenvalue weighted by Crippen LogP contribution is 2.28. The second kappa shape index (κ2) is 7.08. The Balaban J connectivity index is 1.34. The molecule has 0 atom stereocenters. The van der Waals surface area contributed by atoms with E-state index in [1.807, 2.05) is 41.9 Å². The molecular formula is C19H20N8O. The maximum absolute atomic E-state index is 5.06. The van der Waals surface area contributed by atoms with Crippen LogP contribution in [0.3, 0.4) is 0 Å². The second-order valence-corrected chi connectivity index (χ2v) is 7.07. The molecule has 5 heterocycles. The van der Waals surface area contributed by atoms with Gasteiger partial charge in [-0.2, -0.15) is 14.6 Å². The first kappa shape index (κ1) is 16.9. The van der Waals surface area contributed by atoms with E-state index < -0.39 is 0 Å². The predicted molar refractivity (Wildman–Crippen MR) is 100 cm³/mol. The van der Waals surface area contributed by atoms with Crippen molar-refractivity contribution in [1.29, 1.82) is 0 Å². The van der Waals surface area contributed by atoms with Crippen LogP contribution in [0.25, 0.3) is 16.9 Å². The number of likely N-dealkylation sites (tertiary alicyclic amines) is 1. The Kier molecular flexibility index (Phi) is 4.28. The molecule has 0 N–H and O–H groups in total. The maximum Gasteiger partial charge on any atom is 0.223 e. The van der Waals surface area contributed by atoms with E-state index in [1.165, 1.54) is 0 Å². The lowest BCUT2D eigenvalue weighted by atomic mass is 9.96. The first-order valence-corrected chi connectivity index (χ1v) is 9.40. The fourth-order valence-corrected chi connectivity index (χ4v) is 3.68. The highest BCUT2D eigenvalue weighted by Gasteiger charge is 2.26. The van der Waals surface area contributed by atoms with Crippen LogP contribution in [0.15, 0.2) is 41.2 Å². The van der Waals surface area contributed by atoms with Crippen molar-refractivity contribution in [2.75, 3.05) is 13.1 Å². The van der Waals surface area contributed by atoms with E-state index in [0.29, 0.717) is 18.4 Å². The van der Waals surface area contributed by atoms with E-state index in [4.69, 9.17) is 9.62 Å². The summed E-state index contributed by atoms with van der Waals surface area (Å²) in [4.78, 5) is 10.8. The maximum atomic E-state index is 5.06. The topological polar surface area (TPSA) is 98.1 Å². The third-order valence-electron chi connectivity index (χ3n) is 5.13. The Labute approximate surface area is 161 Å². The molecular weight excluding hydrogens is 356 g/mol. The molecule has 0 aliphatic carbocycles. The Morgan fingerprint density at radius 1 is 1.14 bits per heavy atom. The molecule has 1 fully saturated rings. The molecule has 0 bridgehead atoms. The summed E-state index contributed by atoms with van der Waals surface area (Å²) in [7, 11) is 0. The molecule has 9 heteroatoms. The molecule has 28 heavy (non-hydrogen) atoms. The molecule has 0 amide bonds. The molecule has 1 aliphatic heterocycles. The van der Waals surface area contributed by atoms with Gasteiger partial charge in [0.25, 0.3) is 0 Å². The van der Waals surface area contributed by atoms with Gasteiger partial charge < -0.3 is 4.52 Å². The molecule has 1 aliphatic rings. The first-order valence-electron chi connectivity index (χ1n) is 9.40. The molecule has 5 rings (SSSR count). The second-order valence-electron chi connectivity index (χ2n) is 7.07. The van der Waals surface area contributed by atoms with Crippen molar-refractivity contribution in [2.45, 2.75) is 32.2 Å². The number of hydrogen-bond donors (Lipinski definition) is 0. The van der Waals surface area contributed by atoms with Crippen molar-refractivity contribution >= 4 is 5.65 Å². The predicted octanol–water partition coefficient (Wildman–Crippen LogP) is 2.26. The molecule has 4 aromatic heterocycles. The van der Waals surface area contributed by atoms with Gasteiger partial charge in [-0.05, 0) is 50.2 Å². The Morgan fingerprint density at radius 3 is 2.79 bits per heavy atom. The number of piperidine rings is 1. The number of fused-ring (bicyclic) bond motifs is 1. The number of aryl methyl sites for hydroxylation is 1. The number of nitrogens with zero attached hydrogens (tertiary/aromatic N) is 8. The molecule has 142 valence electrons. The third kappa shape index (κ3) is 3.24. The zero-order chi connectivity index (χ0) is 18.9. The largest absolute Gasteiger partial charge is 0.340 e. The smallest absolute Gasteiger partial charge is 0.223 e. The Hall–Kier alpha value is -3.20. The molecule has 0 saturated carbocycles. The van der Waals surface area contributed by atoms with Gasteiger partial charge in [-0.15, -0.1) is 10.2 Å². The minimum absolute atomic E-state index is 0.329. The van der Waals surface area contributed by atoms with Crippen LogP contribution in [0, 0.1) is 6.92 Å². The summed E-state index contributed by atoms with van der Waals surface area (Å²) in [6.07, 6.45) is 5.57. The van der Waals surface area contributed by atoms with Crippen LogP contribution < -0.4 is 0 Å². The fraction of sp³-hybridized carbons (Fsp3) is 0.368. The summed E-state index contributed by atoms with van der Waals surface area (Å²) < 4.78 is 6.94. The van der Waals surface area contributed by atoms with Gasteiger partial charge in [0.15, 0.2) is 17.3 Å². The molecule has 0 radical (unpaired) electrons. The van der Waals surface area contributed by atoms with Gasteiger partial charge in [0, 0.05) is 30.8 Å². The summed E-state index contributed by atoms with van der Waals surface area (Å²) in [5.74, 6) is 2.60. The van der Waals surface area contributed by atoms with Crippen molar-refractivity contribution < 1.29 is 4.52 Å². The fourth-order valence-electron chi connectivity index (χ4n) is 3.68. The Bertz CT molecular complexity index is 1080. The van der Waals surface area contributed by atoms with Gasteiger partial charge in [0.05, 0.1) is 12.2 Å². The minimum atomic E-state index is 0.329. The van der Waals surface area contributed by atoms with Gasteiger partial charge >= 0.3 is 0 Å². The molecule has 4 aromatic rings. The van der Waals surface area contributed by atoms with E-state index in [-0.39, 0.29) is 0 Å². The quantitative estimate of drug-likeness (QED) is 0.535. The van der Waals surface area contributed by atoms with Crippen LogP contribution in [-0.4, -0.2) is 52.9 Å². The highest BCUT2D eigenvalue weighted by atomic mass is 16.5. The summed E-state index contributed by atoms with van der Waals surface area (Å²) in [5, 5.41) is 17.5. The van der Waals surface area contributed by atoms with Crippen LogP contribution in [0.4, 0.5) is 0 Å². The normalized spacial score (nSPS) is 16.0. The molecule has 1 saturated heterocycles. The highest BCUT2D eigenvalue weighted by molar-refractivity contribution is 5.58. The summed E-state index contributed by atoms with van der Waals surface area (Å²) in [6, 6.07) is 7.83. The van der Waals surface area contributed by atoms with Gasteiger partial charge in [-0.3, -0.25) is 9.88 Å². The van der Waals surface area contributed by atoms with E-state index in [9.17, 15) is 0 Å². The van der Waals surface area contributed by atoms with Crippen molar-refractivity contribution in [1.82, 2.24) is 39.8 Å². The average molecular weight is 376 g/mol. The summed E-state index contributed by atoms with van der Waals surface area (Å²) >= 11 is 0. The van der Waals surface area contributed by atoms with Crippen LogP contribution in [0.5, 0.6) is 0 Å². The van der Waals surface area contributed by atoms with E-state index >= 15 is 0 Å². The van der Waals surface area contributed by atoms with Crippen LogP contribution in [0.2, 0.25) is 0 Å². The first-order chi connectivity index (χ1) is 13.8. The number of hydrogen-bond acceptors (Lipinski definition) is 8. The molecule has 9 nitrogen and oxygen atoms in total. The SMILES string of the molecule is Cc1nc(CN2CCC(c3nnc4ccc(-c5cccnc5)nn34)CC2)no1. The van der Waals surface area contributed by atoms with Crippen molar-refractivity contribution in [3.63, 3.8) is 0 Å². The lowest BCUT2D eigenvalue weighted by Gasteiger charge is -2.29. The summed E-state index contributed by atoms with van der Waals surface area (Å²) in [6.45, 7) is 4.44. The van der Waals surface area contributed by atoms with Gasteiger partial charge in [0.2, 0.25) is 5.89 Å². The van der Waals surface area contributed by atoms with Crippen LogP contribution in [-0.2, 0) is 6.54 Å². The van der Waals surface area contributed by atoms with E-state index in [1.54, 1.807) is 6.20 Å². The van der Waals surface area contributed by atoms with E-state index in [2.05, 4.69) is 30.2 Å². The van der Waals surface area contributed by atoms with E-state index in [0.717, 1.165) is 54.5 Å². The van der Waals surface area contributed by atoms with Crippen LogP contribution in [0.1, 0.15) is 36.3 Å². The third-order valence-corrected chi connectivity index (χ3v) is 5.13. The summed E-state index contributed by atoms with van der Waals surface area (Å²) in [5.41, 5.74) is 2.62. The number of pyridine rings is 1. The van der Waals surface area contributed by atoms with Crippen LogP contribution >= 0.6 is 0 Å². The molecule has 0 spiro atoms. The van der Waals surface area contributed by atoms with Crippen molar-refractivity contribution in [2.24, 2.45) is 0 Å². The standard InChI is InChI=1S/C19H20N8O/c1-13-21-17(25-28-13)12-26-9-6-14(7-10-26)19-23-22-18-5-4-16(24-27(18)19)15-3-2-8-20-11-15/h2-5,8,11,14H,6-7,9-10,12H2,1H3. The molecule has 0 aromatic carbocycles. The van der Waals surface area contributed by atoms with Gasteiger partial charge in [0.1, 0.15) is 0 Å². The molecule has 0 unspecified atom stereocenters. The lowest BCUT2D eigenvalue weighted by Crippen LogP contribution is -2.33. The zero-order valence-corrected chi connectivity index (χ0v) is 15.6. The van der Waals surface area contributed by atoms with Crippen molar-refractivity contribution in [3.05, 3.63) is 54.2 Å².